The van der Waals surface area contributed by atoms with Gasteiger partial charge in [0.1, 0.15) is 11.2 Å². The van der Waals surface area contributed by atoms with Crippen molar-refractivity contribution in [1.82, 2.24) is 0 Å². The van der Waals surface area contributed by atoms with Gasteiger partial charge in [-0.3, -0.25) is 0 Å². The molecule has 0 radical (unpaired) electrons. The standard InChI is InChI=1S/C60H39NO/c1-2-13-43(14-3-1)52-34-29-48(57-37-47-16-6-7-17-51(47)53-18-8-9-19-54(53)57)38-58(52)61(49-30-24-41(25-31-49)45-23-22-40-12-4-5-15-44(40)36-45)50-32-26-42(27-33-50)46-28-35-56-55-20-10-11-21-59(55)62-60(56)39-46/h1-39H. The molecule has 0 bridgehead atoms. The number of hydrogen-bond donors (Lipinski definition) is 0. The zero-order valence-electron chi connectivity index (χ0n) is 33.9. The van der Waals surface area contributed by atoms with Crippen LogP contribution < -0.4 is 4.90 Å². The molecule has 0 saturated carbocycles. The molecule has 62 heavy (non-hydrogen) atoms. The molecule has 12 aromatic rings. The van der Waals surface area contributed by atoms with E-state index in [4.69, 9.17) is 4.42 Å². The number of nitrogens with zero attached hydrogens (tertiary/aromatic N) is 1. The monoisotopic (exact) mass is 789 g/mol. The van der Waals surface area contributed by atoms with Crippen molar-refractivity contribution >= 4 is 71.3 Å². The largest absolute Gasteiger partial charge is 0.456 e. The zero-order valence-corrected chi connectivity index (χ0v) is 33.9. The van der Waals surface area contributed by atoms with Crippen LogP contribution in [0.3, 0.4) is 0 Å². The predicted molar refractivity (Wildman–Crippen MR) is 263 cm³/mol. The Morgan fingerprint density at radius 2 is 0.806 bits per heavy atom. The van der Waals surface area contributed by atoms with Gasteiger partial charge in [-0.25, -0.2) is 0 Å². The molecule has 0 unspecified atom stereocenters. The highest BCUT2D eigenvalue weighted by atomic mass is 16.3. The highest BCUT2D eigenvalue weighted by Crippen LogP contribution is 2.45. The molecule has 1 aromatic heterocycles. The lowest BCUT2D eigenvalue weighted by molar-refractivity contribution is 0.669. The summed E-state index contributed by atoms with van der Waals surface area (Å²) >= 11 is 0. The third-order valence-electron chi connectivity index (χ3n) is 12.4. The van der Waals surface area contributed by atoms with Crippen LogP contribution in [0, 0.1) is 0 Å². The molecular formula is C60H39NO. The van der Waals surface area contributed by atoms with E-state index < -0.39 is 0 Å². The van der Waals surface area contributed by atoms with Crippen LogP contribution in [-0.2, 0) is 0 Å². The summed E-state index contributed by atoms with van der Waals surface area (Å²) in [4.78, 5) is 2.42. The van der Waals surface area contributed by atoms with Gasteiger partial charge in [0.15, 0.2) is 0 Å². The molecule has 0 spiro atoms. The van der Waals surface area contributed by atoms with E-state index in [-0.39, 0.29) is 0 Å². The lowest BCUT2D eigenvalue weighted by atomic mass is 9.91. The van der Waals surface area contributed by atoms with Crippen LogP contribution in [0.4, 0.5) is 17.1 Å². The molecule has 1 heterocycles. The van der Waals surface area contributed by atoms with Crippen LogP contribution in [0.5, 0.6) is 0 Å². The van der Waals surface area contributed by atoms with Gasteiger partial charge in [0.2, 0.25) is 0 Å². The van der Waals surface area contributed by atoms with Crippen LogP contribution in [0.2, 0.25) is 0 Å². The Morgan fingerprint density at radius 1 is 0.258 bits per heavy atom. The summed E-state index contributed by atoms with van der Waals surface area (Å²) in [6.07, 6.45) is 0. The van der Waals surface area contributed by atoms with Crippen molar-refractivity contribution in [3.8, 4) is 44.5 Å². The van der Waals surface area contributed by atoms with Gasteiger partial charge in [-0.1, -0.05) is 176 Å². The van der Waals surface area contributed by atoms with Gasteiger partial charge in [-0.2, -0.15) is 0 Å². The Kier molecular flexibility index (Phi) is 8.53. The lowest BCUT2D eigenvalue weighted by Crippen LogP contribution is -2.11. The Bertz CT molecular complexity index is 3620. The van der Waals surface area contributed by atoms with E-state index >= 15 is 0 Å². The van der Waals surface area contributed by atoms with E-state index in [1.54, 1.807) is 0 Å². The topological polar surface area (TPSA) is 16.4 Å². The van der Waals surface area contributed by atoms with E-state index in [9.17, 15) is 0 Å². The van der Waals surface area contributed by atoms with E-state index in [1.165, 1.54) is 49.0 Å². The van der Waals surface area contributed by atoms with Crippen LogP contribution in [0.1, 0.15) is 0 Å². The number of anilines is 3. The fraction of sp³-hybridized carbons (Fsp3) is 0. The smallest absolute Gasteiger partial charge is 0.136 e. The minimum Gasteiger partial charge on any atom is -0.456 e. The highest BCUT2D eigenvalue weighted by molar-refractivity contribution is 6.14. The number of para-hydroxylation sites is 1. The molecule has 290 valence electrons. The molecule has 0 saturated heterocycles. The minimum absolute atomic E-state index is 0.895. The van der Waals surface area contributed by atoms with E-state index in [1.807, 2.05) is 12.1 Å². The second-order valence-corrected chi connectivity index (χ2v) is 16.1. The van der Waals surface area contributed by atoms with Crippen LogP contribution in [0.25, 0.3) is 98.8 Å². The summed E-state index contributed by atoms with van der Waals surface area (Å²) < 4.78 is 6.30. The van der Waals surface area contributed by atoms with Gasteiger partial charge in [0.25, 0.3) is 0 Å². The van der Waals surface area contributed by atoms with Crippen molar-refractivity contribution in [3.05, 3.63) is 237 Å². The third-order valence-corrected chi connectivity index (χ3v) is 12.4. The van der Waals surface area contributed by atoms with Crippen molar-refractivity contribution in [2.24, 2.45) is 0 Å². The van der Waals surface area contributed by atoms with Crippen LogP contribution >= 0.6 is 0 Å². The predicted octanol–water partition coefficient (Wildman–Crippen LogP) is 17.2. The average Bonchev–Trinajstić information content (AvgIpc) is 3.72. The van der Waals surface area contributed by atoms with Gasteiger partial charge in [-0.15, -0.1) is 0 Å². The second kappa shape index (κ2) is 14.8. The summed E-state index contributed by atoms with van der Waals surface area (Å²) in [5.41, 5.74) is 14.3. The van der Waals surface area contributed by atoms with Gasteiger partial charge < -0.3 is 9.32 Å². The second-order valence-electron chi connectivity index (χ2n) is 16.1. The Balaban J connectivity index is 1.04. The number of rotatable bonds is 7. The van der Waals surface area contributed by atoms with E-state index in [2.05, 4.69) is 229 Å². The summed E-state index contributed by atoms with van der Waals surface area (Å²) in [6.45, 7) is 0. The molecule has 2 heteroatoms. The molecule has 11 aromatic carbocycles. The third kappa shape index (κ3) is 6.20. The molecule has 0 N–H and O–H groups in total. The maximum Gasteiger partial charge on any atom is 0.136 e. The van der Waals surface area contributed by atoms with Gasteiger partial charge >= 0.3 is 0 Å². The SMILES string of the molecule is c1ccc(-c2ccc(-c3cc4ccccc4c4ccccc34)cc2N(c2ccc(-c3ccc4ccccc4c3)cc2)c2ccc(-c3ccc4c(c3)oc3ccccc34)cc2)cc1. The molecule has 12 rings (SSSR count). The van der Waals surface area contributed by atoms with Crippen molar-refractivity contribution in [2.75, 3.05) is 4.90 Å². The van der Waals surface area contributed by atoms with Gasteiger partial charge in [0, 0.05) is 27.7 Å². The quantitative estimate of drug-likeness (QED) is 0.150. The molecule has 0 amide bonds. The number of fused-ring (bicyclic) bond motifs is 7. The van der Waals surface area contributed by atoms with Gasteiger partial charge in [0.05, 0.1) is 5.69 Å². The Morgan fingerprint density at radius 3 is 1.56 bits per heavy atom. The fourth-order valence-electron chi connectivity index (χ4n) is 9.35. The van der Waals surface area contributed by atoms with Crippen LogP contribution in [0.15, 0.2) is 241 Å². The van der Waals surface area contributed by atoms with Crippen molar-refractivity contribution in [3.63, 3.8) is 0 Å². The first-order chi connectivity index (χ1) is 30.7. The molecule has 0 aliphatic carbocycles. The molecular weight excluding hydrogens is 751 g/mol. The normalized spacial score (nSPS) is 11.5. The number of furan rings is 1. The Labute approximate surface area is 360 Å². The minimum atomic E-state index is 0.895. The molecule has 0 fully saturated rings. The van der Waals surface area contributed by atoms with Crippen molar-refractivity contribution < 1.29 is 4.42 Å². The summed E-state index contributed by atoms with van der Waals surface area (Å²) in [6, 6.07) is 85.7. The first kappa shape index (κ1) is 35.7. The van der Waals surface area contributed by atoms with E-state index in [0.717, 1.165) is 66.8 Å². The summed E-state index contributed by atoms with van der Waals surface area (Å²) in [7, 11) is 0. The maximum absolute atomic E-state index is 6.30. The molecule has 0 aliphatic heterocycles. The van der Waals surface area contributed by atoms with Crippen molar-refractivity contribution in [2.45, 2.75) is 0 Å². The molecule has 2 nitrogen and oxygen atoms in total. The fourth-order valence-corrected chi connectivity index (χ4v) is 9.35. The van der Waals surface area contributed by atoms with Crippen molar-refractivity contribution in [1.29, 1.82) is 0 Å². The Hall–Kier alpha value is -8.20. The van der Waals surface area contributed by atoms with E-state index in [0.29, 0.717) is 0 Å². The molecule has 0 aliphatic rings. The summed E-state index contributed by atoms with van der Waals surface area (Å²) in [5.74, 6) is 0. The van der Waals surface area contributed by atoms with Crippen LogP contribution in [-0.4, -0.2) is 0 Å². The van der Waals surface area contributed by atoms with Gasteiger partial charge in [-0.05, 0) is 132 Å². The zero-order chi connectivity index (χ0) is 41.0. The summed E-state index contributed by atoms with van der Waals surface area (Å²) in [5, 5.41) is 9.74. The number of benzene rings is 11. The first-order valence-corrected chi connectivity index (χ1v) is 21.2. The highest BCUT2D eigenvalue weighted by Gasteiger charge is 2.20. The first-order valence-electron chi connectivity index (χ1n) is 21.2. The maximum atomic E-state index is 6.30. The number of hydrogen-bond acceptors (Lipinski definition) is 2. The average molecular weight is 790 g/mol. The molecule has 0 atom stereocenters. The lowest BCUT2D eigenvalue weighted by Gasteiger charge is -2.29.